The summed E-state index contributed by atoms with van der Waals surface area (Å²) in [5.74, 6) is 0.802. The summed E-state index contributed by atoms with van der Waals surface area (Å²) in [7, 11) is -3.49. The highest BCUT2D eigenvalue weighted by molar-refractivity contribution is 7.86. The predicted molar refractivity (Wildman–Crippen MR) is 128 cm³/mol. The number of rotatable bonds is 6. The van der Waals surface area contributed by atoms with Crippen molar-refractivity contribution >= 4 is 16.1 Å². The maximum absolute atomic E-state index is 13.1. The molecule has 3 fully saturated rings. The van der Waals surface area contributed by atoms with Gasteiger partial charge in [0.1, 0.15) is 0 Å². The number of morpholine rings is 1. The minimum absolute atomic E-state index is 0.0979. The van der Waals surface area contributed by atoms with Crippen molar-refractivity contribution in [2.75, 3.05) is 58.9 Å². The number of benzene rings is 1. The van der Waals surface area contributed by atoms with Gasteiger partial charge in [-0.3, -0.25) is 9.69 Å². The predicted octanol–water partition coefficient (Wildman–Crippen LogP) is 1.44. The molecule has 9 heteroatoms. The summed E-state index contributed by atoms with van der Waals surface area (Å²) >= 11 is 0. The number of likely N-dealkylation sites (tertiary alicyclic amines) is 1. The van der Waals surface area contributed by atoms with Gasteiger partial charge in [0.05, 0.1) is 18.8 Å². The Hall–Kier alpha value is -1.52. The van der Waals surface area contributed by atoms with E-state index >= 15 is 0 Å². The van der Waals surface area contributed by atoms with Crippen molar-refractivity contribution in [3.05, 3.63) is 35.9 Å². The Bertz CT molecular complexity index is 871. The van der Waals surface area contributed by atoms with Gasteiger partial charge in [-0.05, 0) is 44.6 Å². The van der Waals surface area contributed by atoms with Crippen LogP contribution in [0.1, 0.15) is 32.3 Å². The van der Waals surface area contributed by atoms with Gasteiger partial charge < -0.3 is 9.64 Å². The molecule has 0 aliphatic carbocycles. The molecule has 0 saturated carbocycles. The highest BCUT2D eigenvalue weighted by Crippen LogP contribution is 2.22. The third kappa shape index (κ3) is 6.33. The molecule has 0 radical (unpaired) electrons. The molecule has 4 rings (SSSR count). The zero-order valence-corrected chi connectivity index (χ0v) is 20.8. The average molecular weight is 479 g/mol. The lowest BCUT2D eigenvalue weighted by atomic mass is 9.90. The maximum Gasteiger partial charge on any atom is 0.282 e. The van der Waals surface area contributed by atoms with Gasteiger partial charge in [-0.15, -0.1) is 0 Å². The number of nitrogens with zero attached hydrogens (tertiary/aromatic N) is 4. The minimum atomic E-state index is -3.49. The van der Waals surface area contributed by atoms with E-state index in [-0.39, 0.29) is 18.1 Å². The van der Waals surface area contributed by atoms with E-state index in [0.29, 0.717) is 51.7 Å². The molecule has 1 aromatic rings. The molecular formula is C24H38N4O4S. The molecule has 3 aliphatic rings. The van der Waals surface area contributed by atoms with Crippen molar-refractivity contribution in [1.29, 1.82) is 0 Å². The fourth-order valence-corrected chi connectivity index (χ4v) is 6.97. The van der Waals surface area contributed by atoms with Gasteiger partial charge in [0.25, 0.3) is 10.2 Å². The van der Waals surface area contributed by atoms with Gasteiger partial charge in [-0.1, -0.05) is 30.3 Å². The second-order valence-corrected chi connectivity index (χ2v) is 11.7. The first kappa shape index (κ1) is 24.6. The third-order valence-corrected chi connectivity index (χ3v) is 9.03. The number of piperazine rings is 1. The van der Waals surface area contributed by atoms with E-state index in [1.54, 1.807) is 8.61 Å². The number of carbonyl (C=O) groups is 1. The van der Waals surface area contributed by atoms with Gasteiger partial charge in [-0.25, -0.2) is 0 Å². The standard InChI is InChI=1S/C24H38N4O4S/c1-20-17-28(18-21(2)32-20)33(30,31)27-14-12-25(13-15-27)19-24(29)26-10-8-23(9-11-26)16-22-6-4-3-5-7-22/h3-7,20-21,23H,8-19H2,1-2H3/t20-,21-/m1/s1. The fraction of sp³-hybridized carbons (Fsp3) is 0.708. The van der Waals surface area contributed by atoms with Gasteiger partial charge in [0.15, 0.2) is 0 Å². The lowest BCUT2D eigenvalue weighted by Gasteiger charge is -2.40. The van der Waals surface area contributed by atoms with Crippen LogP contribution >= 0.6 is 0 Å². The van der Waals surface area contributed by atoms with Gasteiger partial charge in [0.2, 0.25) is 5.91 Å². The van der Waals surface area contributed by atoms with Gasteiger partial charge in [-0.2, -0.15) is 17.0 Å². The molecule has 33 heavy (non-hydrogen) atoms. The molecule has 8 nitrogen and oxygen atoms in total. The number of amides is 1. The molecule has 0 N–H and O–H groups in total. The SMILES string of the molecule is C[C@@H]1CN(S(=O)(=O)N2CCN(CC(=O)N3CCC(Cc4ccccc4)CC3)CC2)C[C@@H](C)O1. The minimum Gasteiger partial charge on any atom is -0.373 e. The maximum atomic E-state index is 13.1. The highest BCUT2D eigenvalue weighted by Gasteiger charge is 2.37. The zero-order chi connectivity index (χ0) is 23.4. The van der Waals surface area contributed by atoms with Crippen LogP contribution in [0, 0.1) is 5.92 Å². The highest BCUT2D eigenvalue weighted by atomic mass is 32.2. The van der Waals surface area contributed by atoms with Gasteiger partial charge in [0, 0.05) is 52.4 Å². The molecule has 3 saturated heterocycles. The van der Waals surface area contributed by atoms with Gasteiger partial charge >= 0.3 is 0 Å². The van der Waals surface area contributed by atoms with Crippen LogP contribution < -0.4 is 0 Å². The monoisotopic (exact) mass is 478 g/mol. The summed E-state index contributed by atoms with van der Waals surface area (Å²) in [4.78, 5) is 16.9. The Morgan fingerprint density at radius 3 is 2.12 bits per heavy atom. The van der Waals surface area contributed by atoms with Crippen LogP contribution in [-0.4, -0.2) is 104 Å². The first-order valence-electron chi connectivity index (χ1n) is 12.3. The van der Waals surface area contributed by atoms with E-state index in [0.717, 1.165) is 32.4 Å². The normalized spacial score (nSPS) is 27.0. The smallest absolute Gasteiger partial charge is 0.282 e. The van der Waals surface area contributed by atoms with Crippen LogP contribution in [0.25, 0.3) is 0 Å². The number of piperidine rings is 1. The van der Waals surface area contributed by atoms with Crippen LogP contribution in [-0.2, 0) is 26.2 Å². The van der Waals surface area contributed by atoms with E-state index in [1.807, 2.05) is 24.8 Å². The van der Waals surface area contributed by atoms with Crippen LogP contribution in [0.4, 0.5) is 0 Å². The van der Waals surface area contributed by atoms with Crippen molar-refractivity contribution < 1.29 is 17.9 Å². The Morgan fingerprint density at radius 1 is 0.909 bits per heavy atom. The molecule has 0 bridgehead atoms. The van der Waals surface area contributed by atoms with E-state index in [1.165, 1.54) is 5.56 Å². The Morgan fingerprint density at radius 2 is 1.52 bits per heavy atom. The van der Waals surface area contributed by atoms with Crippen LogP contribution in [0.5, 0.6) is 0 Å². The second-order valence-electron chi connectivity index (χ2n) is 9.77. The summed E-state index contributed by atoms with van der Waals surface area (Å²) in [6, 6.07) is 10.6. The molecule has 0 unspecified atom stereocenters. The Labute approximate surface area is 198 Å². The first-order chi connectivity index (χ1) is 15.8. The molecule has 0 aromatic heterocycles. The van der Waals surface area contributed by atoms with Crippen LogP contribution in [0.3, 0.4) is 0 Å². The van der Waals surface area contributed by atoms with Crippen molar-refractivity contribution in [2.45, 2.75) is 45.3 Å². The summed E-state index contributed by atoms with van der Waals surface area (Å²) < 4.78 is 34.9. The quantitative estimate of drug-likeness (QED) is 0.619. The van der Waals surface area contributed by atoms with E-state index in [2.05, 4.69) is 29.2 Å². The van der Waals surface area contributed by atoms with E-state index in [9.17, 15) is 13.2 Å². The number of ether oxygens (including phenoxy) is 1. The molecule has 1 aromatic carbocycles. The summed E-state index contributed by atoms with van der Waals surface area (Å²) in [6.07, 6.45) is 2.98. The van der Waals surface area contributed by atoms with Crippen LogP contribution in [0.15, 0.2) is 30.3 Å². The molecule has 0 spiro atoms. The van der Waals surface area contributed by atoms with Crippen molar-refractivity contribution in [3.8, 4) is 0 Å². The molecular weight excluding hydrogens is 440 g/mol. The van der Waals surface area contributed by atoms with Crippen molar-refractivity contribution in [3.63, 3.8) is 0 Å². The number of hydrogen-bond acceptors (Lipinski definition) is 5. The second kappa shape index (κ2) is 10.8. The van der Waals surface area contributed by atoms with Crippen molar-refractivity contribution in [1.82, 2.24) is 18.4 Å². The third-order valence-electron chi connectivity index (χ3n) is 7.06. The molecule has 3 aliphatic heterocycles. The average Bonchev–Trinajstić information content (AvgIpc) is 2.80. The summed E-state index contributed by atoms with van der Waals surface area (Å²) in [5, 5.41) is 0. The summed E-state index contributed by atoms with van der Waals surface area (Å²) in [6.45, 7) is 8.65. The molecule has 1 amide bonds. The van der Waals surface area contributed by atoms with Crippen molar-refractivity contribution in [2.24, 2.45) is 5.92 Å². The number of carbonyl (C=O) groups excluding carboxylic acids is 1. The first-order valence-corrected chi connectivity index (χ1v) is 13.7. The number of hydrogen-bond donors (Lipinski definition) is 0. The summed E-state index contributed by atoms with van der Waals surface area (Å²) in [5.41, 5.74) is 1.37. The lowest BCUT2D eigenvalue weighted by molar-refractivity contribution is -0.134. The lowest BCUT2D eigenvalue weighted by Crippen LogP contribution is -2.58. The largest absolute Gasteiger partial charge is 0.373 e. The topological polar surface area (TPSA) is 73.4 Å². The molecule has 2 atom stereocenters. The molecule has 3 heterocycles. The van der Waals surface area contributed by atoms with E-state index in [4.69, 9.17) is 4.74 Å². The Balaban J connectivity index is 1.20. The zero-order valence-electron chi connectivity index (χ0n) is 19.9. The Kier molecular flexibility index (Phi) is 8.07. The van der Waals surface area contributed by atoms with Crippen LogP contribution in [0.2, 0.25) is 0 Å². The van der Waals surface area contributed by atoms with E-state index < -0.39 is 10.2 Å². The fourth-order valence-electron chi connectivity index (χ4n) is 5.23. The molecule has 184 valence electrons.